The molecule has 0 spiro atoms. The van der Waals surface area contributed by atoms with Gasteiger partial charge in [-0.1, -0.05) is 11.6 Å². The van der Waals surface area contributed by atoms with Gasteiger partial charge in [0, 0.05) is 11.6 Å². The smallest absolute Gasteiger partial charge is 0.242 e. The van der Waals surface area contributed by atoms with Crippen LogP contribution in [0.2, 0.25) is 0 Å². The van der Waals surface area contributed by atoms with Crippen LogP contribution in [0.3, 0.4) is 0 Å². The number of rotatable bonds is 2. The molecule has 0 fully saturated rings. The van der Waals surface area contributed by atoms with Crippen molar-refractivity contribution in [2.75, 3.05) is 0 Å². The Kier molecular flexibility index (Phi) is 3.83. The van der Waals surface area contributed by atoms with E-state index >= 15 is 0 Å². The Bertz CT molecular complexity index is 1130. The van der Waals surface area contributed by atoms with Gasteiger partial charge >= 0.3 is 0 Å². The molecule has 0 N–H and O–H groups in total. The summed E-state index contributed by atoms with van der Waals surface area (Å²) in [5.41, 5.74) is 8.14. The van der Waals surface area contributed by atoms with E-state index in [-0.39, 0.29) is 5.82 Å². The summed E-state index contributed by atoms with van der Waals surface area (Å²) < 4.78 is 21.2. The zero-order valence-electron chi connectivity index (χ0n) is 15.3. The largest absolute Gasteiger partial charge is 0.436 e. The topological polar surface area (TPSA) is 29.9 Å². The fourth-order valence-electron chi connectivity index (χ4n) is 3.35. The Morgan fingerprint density at radius 2 is 1.73 bits per heavy atom. The number of aromatic nitrogens is 2. The van der Waals surface area contributed by atoms with Crippen molar-refractivity contribution >= 4 is 11.1 Å². The summed E-state index contributed by atoms with van der Waals surface area (Å²) in [6.07, 6.45) is 1.98. The number of nitrogens with zero attached hydrogens (tertiary/aromatic N) is 2. The molecule has 0 aliphatic carbocycles. The van der Waals surface area contributed by atoms with E-state index in [1.54, 1.807) is 12.1 Å². The maximum atomic E-state index is 13.2. The van der Waals surface area contributed by atoms with Gasteiger partial charge in [0.2, 0.25) is 11.6 Å². The quantitative estimate of drug-likeness (QED) is 0.475. The second-order valence-electron chi connectivity index (χ2n) is 6.77. The zero-order valence-corrected chi connectivity index (χ0v) is 15.3. The molecule has 0 amide bonds. The van der Waals surface area contributed by atoms with Gasteiger partial charge in [-0.2, -0.15) is 4.57 Å². The van der Waals surface area contributed by atoms with Gasteiger partial charge < -0.3 is 4.42 Å². The van der Waals surface area contributed by atoms with Crippen LogP contribution in [-0.2, 0) is 7.05 Å². The van der Waals surface area contributed by atoms with E-state index in [0.29, 0.717) is 5.89 Å². The summed E-state index contributed by atoms with van der Waals surface area (Å²) in [5, 5.41) is 0. The van der Waals surface area contributed by atoms with Crippen LogP contribution in [0.5, 0.6) is 0 Å². The molecule has 2 aromatic heterocycles. The van der Waals surface area contributed by atoms with E-state index in [1.165, 1.54) is 28.8 Å². The van der Waals surface area contributed by atoms with Gasteiger partial charge in [0.1, 0.15) is 12.9 Å². The van der Waals surface area contributed by atoms with Gasteiger partial charge in [-0.3, -0.25) is 0 Å². The molecule has 3 nitrogen and oxygen atoms in total. The molecule has 4 heteroatoms. The number of aryl methyl sites for hydroxylation is 3. The highest BCUT2D eigenvalue weighted by Gasteiger charge is 2.23. The maximum absolute atomic E-state index is 13.2. The summed E-state index contributed by atoms with van der Waals surface area (Å²) in [6, 6.07) is 12.5. The minimum atomic E-state index is -0.275. The standard InChI is InChI=1S/C22H20FN2O/c1-13-11-14(2)15(3)18(12-13)21-20-19(9-10-25(21)4)26-22(24-20)16-5-7-17(23)8-6-16/h5-12H,1-4H3/q+1. The molecule has 0 saturated carbocycles. The Morgan fingerprint density at radius 3 is 2.46 bits per heavy atom. The molecular formula is C22H20FN2O+. The molecule has 0 aliphatic heterocycles. The molecule has 2 heterocycles. The van der Waals surface area contributed by atoms with Gasteiger partial charge in [-0.05, 0) is 62.2 Å². The van der Waals surface area contributed by atoms with Crippen molar-refractivity contribution in [1.82, 2.24) is 4.98 Å². The first-order chi connectivity index (χ1) is 12.4. The fourth-order valence-corrected chi connectivity index (χ4v) is 3.35. The van der Waals surface area contributed by atoms with Crippen LogP contribution < -0.4 is 4.57 Å². The lowest BCUT2D eigenvalue weighted by Gasteiger charge is -2.09. The van der Waals surface area contributed by atoms with E-state index < -0.39 is 0 Å². The summed E-state index contributed by atoms with van der Waals surface area (Å²) in [4.78, 5) is 4.74. The number of halogens is 1. The number of hydrogen-bond donors (Lipinski definition) is 0. The predicted octanol–water partition coefficient (Wildman–Crippen LogP) is 5.05. The Hall–Kier alpha value is -3.01. The SMILES string of the molecule is Cc1cc(C)c(C)c(-c2c3nc(-c4ccc(F)cc4)oc3cc[n+]2C)c1. The third-order valence-corrected chi connectivity index (χ3v) is 4.84. The highest BCUT2D eigenvalue weighted by molar-refractivity contribution is 5.89. The zero-order chi connectivity index (χ0) is 18.4. The van der Waals surface area contributed by atoms with Crippen LogP contribution in [0.1, 0.15) is 16.7 Å². The number of pyridine rings is 1. The van der Waals surface area contributed by atoms with Crippen LogP contribution in [0, 0.1) is 26.6 Å². The maximum Gasteiger partial charge on any atom is 0.242 e. The number of hydrogen-bond acceptors (Lipinski definition) is 2. The first kappa shape index (κ1) is 16.5. The highest BCUT2D eigenvalue weighted by atomic mass is 19.1. The molecular weight excluding hydrogens is 327 g/mol. The fraction of sp³-hybridized carbons (Fsp3) is 0.182. The molecule has 0 unspecified atom stereocenters. The molecule has 0 radical (unpaired) electrons. The molecule has 4 rings (SSSR count). The Balaban J connectivity index is 1.98. The molecule has 0 saturated heterocycles. The van der Waals surface area contributed by atoms with Crippen LogP contribution in [0.4, 0.5) is 4.39 Å². The van der Waals surface area contributed by atoms with Crippen molar-refractivity contribution in [3.63, 3.8) is 0 Å². The molecule has 0 aliphatic rings. The average Bonchev–Trinajstić information content (AvgIpc) is 3.03. The lowest BCUT2D eigenvalue weighted by atomic mass is 9.97. The number of benzene rings is 2. The molecule has 26 heavy (non-hydrogen) atoms. The Morgan fingerprint density at radius 1 is 1.00 bits per heavy atom. The molecule has 0 bridgehead atoms. The minimum Gasteiger partial charge on any atom is -0.436 e. The second-order valence-corrected chi connectivity index (χ2v) is 6.77. The first-order valence-corrected chi connectivity index (χ1v) is 8.57. The van der Waals surface area contributed by atoms with E-state index in [2.05, 4.69) is 37.5 Å². The van der Waals surface area contributed by atoms with Gasteiger partial charge in [-0.15, -0.1) is 0 Å². The second kappa shape index (κ2) is 6.06. The van der Waals surface area contributed by atoms with Gasteiger partial charge in [0.05, 0.1) is 5.56 Å². The third-order valence-electron chi connectivity index (χ3n) is 4.84. The summed E-state index contributed by atoms with van der Waals surface area (Å²) in [7, 11) is 2.01. The predicted molar refractivity (Wildman–Crippen MR) is 100 cm³/mol. The first-order valence-electron chi connectivity index (χ1n) is 8.57. The summed E-state index contributed by atoms with van der Waals surface area (Å²) in [5.74, 6) is 0.220. The van der Waals surface area contributed by atoms with Gasteiger partial charge in [0.25, 0.3) is 0 Å². The third kappa shape index (κ3) is 2.68. The number of oxazole rings is 1. The van der Waals surface area contributed by atoms with Crippen molar-refractivity contribution < 1.29 is 13.4 Å². The molecule has 130 valence electrons. The van der Waals surface area contributed by atoms with E-state index in [0.717, 1.165) is 27.9 Å². The van der Waals surface area contributed by atoms with Crippen molar-refractivity contribution in [2.24, 2.45) is 7.05 Å². The number of fused-ring (bicyclic) bond motifs is 1. The van der Waals surface area contributed by atoms with Gasteiger partial charge in [0.15, 0.2) is 17.3 Å². The lowest BCUT2D eigenvalue weighted by Crippen LogP contribution is -2.30. The van der Waals surface area contributed by atoms with E-state index in [9.17, 15) is 4.39 Å². The normalized spacial score (nSPS) is 11.3. The average molecular weight is 347 g/mol. The van der Waals surface area contributed by atoms with E-state index in [4.69, 9.17) is 9.40 Å². The molecule has 4 aromatic rings. The van der Waals surface area contributed by atoms with Crippen molar-refractivity contribution in [1.29, 1.82) is 0 Å². The van der Waals surface area contributed by atoms with Crippen molar-refractivity contribution in [2.45, 2.75) is 20.8 Å². The monoisotopic (exact) mass is 347 g/mol. The minimum absolute atomic E-state index is 0.275. The van der Waals surface area contributed by atoms with E-state index in [1.807, 2.05) is 19.3 Å². The molecule has 2 aromatic carbocycles. The van der Waals surface area contributed by atoms with Crippen molar-refractivity contribution in [3.05, 3.63) is 71.2 Å². The summed E-state index contributed by atoms with van der Waals surface area (Å²) >= 11 is 0. The van der Waals surface area contributed by atoms with Crippen LogP contribution in [-0.4, -0.2) is 4.98 Å². The van der Waals surface area contributed by atoms with Crippen LogP contribution in [0.25, 0.3) is 33.8 Å². The highest BCUT2D eigenvalue weighted by Crippen LogP contribution is 2.32. The Labute approximate surface area is 151 Å². The van der Waals surface area contributed by atoms with Crippen molar-refractivity contribution in [3.8, 4) is 22.7 Å². The van der Waals surface area contributed by atoms with Crippen LogP contribution >= 0.6 is 0 Å². The summed E-state index contributed by atoms with van der Waals surface area (Å²) in [6.45, 7) is 6.35. The van der Waals surface area contributed by atoms with Gasteiger partial charge in [-0.25, -0.2) is 9.37 Å². The lowest BCUT2D eigenvalue weighted by molar-refractivity contribution is -0.659. The van der Waals surface area contributed by atoms with Crippen LogP contribution in [0.15, 0.2) is 53.1 Å². The molecule has 0 atom stereocenters.